The van der Waals surface area contributed by atoms with E-state index < -0.39 is 5.91 Å². The Morgan fingerprint density at radius 3 is 2.65 bits per heavy atom. The van der Waals surface area contributed by atoms with Crippen molar-refractivity contribution in [1.29, 1.82) is 0 Å². The molecule has 26 heavy (non-hydrogen) atoms. The molecule has 2 aromatic rings. The Morgan fingerprint density at radius 1 is 1.27 bits per heavy atom. The number of rotatable bonds is 7. The molecule has 4 N–H and O–H groups in total. The van der Waals surface area contributed by atoms with Crippen LogP contribution in [0.15, 0.2) is 39.7 Å². The van der Waals surface area contributed by atoms with Crippen molar-refractivity contribution in [1.82, 2.24) is 10.6 Å². The molecule has 1 heterocycles. The number of furan rings is 1. The second-order valence-corrected chi connectivity index (χ2v) is 5.57. The highest BCUT2D eigenvalue weighted by Crippen LogP contribution is 2.10. The van der Waals surface area contributed by atoms with Crippen LogP contribution in [0.4, 0.5) is 4.39 Å². The van der Waals surface area contributed by atoms with Gasteiger partial charge in [0.1, 0.15) is 18.1 Å². The van der Waals surface area contributed by atoms with Gasteiger partial charge in [0.25, 0.3) is 5.91 Å². The van der Waals surface area contributed by atoms with Crippen LogP contribution in [0.3, 0.4) is 0 Å². The lowest BCUT2D eigenvalue weighted by Crippen LogP contribution is -2.38. The SMILES string of the molecule is CCNC(=NCc1ccc(C(N)=O)o1)NCCc1ccc(F)cc1C.I. The lowest BCUT2D eigenvalue weighted by Gasteiger charge is -2.12. The monoisotopic (exact) mass is 474 g/mol. The number of nitrogens with zero attached hydrogens (tertiary/aromatic N) is 1. The molecule has 1 aromatic carbocycles. The summed E-state index contributed by atoms with van der Waals surface area (Å²) in [5.74, 6) is 0.488. The van der Waals surface area contributed by atoms with Crippen molar-refractivity contribution in [2.75, 3.05) is 13.1 Å². The minimum atomic E-state index is -0.602. The van der Waals surface area contributed by atoms with Crippen molar-refractivity contribution in [3.8, 4) is 0 Å². The molecule has 142 valence electrons. The van der Waals surface area contributed by atoms with Gasteiger partial charge in [-0.15, -0.1) is 24.0 Å². The Labute approximate surface area is 169 Å². The lowest BCUT2D eigenvalue weighted by atomic mass is 10.1. The number of carbonyl (C=O) groups excluding carboxylic acids is 1. The molecule has 0 radical (unpaired) electrons. The number of primary amides is 1. The van der Waals surface area contributed by atoms with Crippen LogP contribution in [0.1, 0.15) is 34.4 Å². The smallest absolute Gasteiger partial charge is 0.284 e. The minimum absolute atomic E-state index is 0. The predicted octanol–water partition coefficient (Wildman–Crippen LogP) is 2.74. The molecule has 0 saturated carbocycles. The maximum absolute atomic E-state index is 13.1. The molecule has 2 rings (SSSR count). The standard InChI is InChI=1S/C18H23FN4O2.HI/c1-3-21-18(23-11-15-6-7-16(25-15)17(20)24)22-9-8-13-4-5-14(19)10-12(13)2;/h4-7,10H,3,8-9,11H2,1-2H3,(H2,20,24)(H2,21,22,23);1H. The summed E-state index contributed by atoms with van der Waals surface area (Å²) in [4.78, 5) is 15.4. The molecule has 6 nitrogen and oxygen atoms in total. The van der Waals surface area contributed by atoms with Gasteiger partial charge in [-0.05, 0) is 55.7 Å². The molecular weight excluding hydrogens is 450 g/mol. The number of aryl methyl sites for hydroxylation is 1. The van der Waals surface area contributed by atoms with E-state index in [1.165, 1.54) is 18.2 Å². The molecule has 1 amide bonds. The van der Waals surface area contributed by atoms with E-state index in [2.05, 4.69) is 15.6 Å². The second-order valence-electron chi connectivity index (χ2n) is 5.57. The predicted molar refractivity (Wildman–Crippen MR) is 110 cm³/mol. The molecule has 0 saturated heterocycles. The third-order valence-corrected chi connectivity index (χ3v) is 3.63. The number of aliphatic imine (C=N–C) groups is 1. The zero-order valence-electron chi connectivity index (χ0n) is 14.8. The normalized spacial score (nSPS) is 11.0. The van der Waals surface area contributed by atoms with Crippen molar-refractivity contribution in [3.05, 3.63) is 58.8 Å². The molecular formula is C18H24FIN4O2. The summed E-state index contributed by atoms with van der Waals surface area (Å²) in [6.07, 6.45) is 0.753. The Morgan fingerprint density at radius 2 is 2.04 bits per heavy atom. The fraction of sp³-hybridized carbons (Fsp3) is 0.333. The van der Waals surface area contributed by atoms with Gasteiger partial charge in [-0.2, -0.15) is 0 Å². The summed E-state index contributed by atoms with van der Waals surface area (Å²) < 4.78 is 18.4. The third-order valence-electron chi connectivity index (χ3n) is 3.63. The Kier molecular flexibility index (Phi) is 9.11. The van der Waals surface area contributed by atoms with Crippen molar-refractivity contribution in [3.63, 3.8) is 0 Å². The van der Waals surface area contributed by atoms with Crippen molar-refractivity contribution < 1.29 is 13.6 Å². The average molecular weight is 474 g/mol. The lowest BCUT2D eigenvalue weighted by molar-refractivity contribution is 0.0972. The first-order chi connectivity index (χ1) is 12.0. The molecule has 0 unspecified atom stereocenters. The molecule has 8 heteroatoms. The fourth-order valence-corrected chi connectivity index (χ4v) is 2.35. The quantitative estimate of drug-likeness (QED) is 0.327. The van der Waals surface area contributed by atoms with Gasteiger partial charge in [0.15, 0.2) is 11.7 Å². The summed E-state index contributed by atoms with van der Waals surface area (Å²) in [5.41, 5.74) is 7.17. The van der Waals surface area contributed by atoms with Crippen LogP contribution in [-0.2, 0) is 13.0 Å². The molecule has 0 atom stereocenters. The van der Waals surface area contributed by atoms with E-state index in [9.17, 15) is 9.18 Å². The van der Waals surface area contributed by atoms with Gasteiger partial charge < -0.3 is 20.8 Å². The zero-order valence-corrected chi connectivity index (χ0v) is 17.2. The molecule has 0 aliphatic rings. The maximum atomic E-state index is 13.1. The first-order valence-electron chi connectivity index (χ1n) is 8.15. The van der Waals surface area contributed by atoms with Crippen molar-refractivity contribution in [2.45, 2.75) is 26.8 Å². The van der Waals surface area contributed by atoms with Crippen molar-refractivity contribution >= 4 is 35.8 Å². The van der Waals surface area contributed by atoms with Gasteiger partial charge in [0, 0.05) is 13.1 Å². The molecule has 1 aromatic heterocycles. The van der Waals surface area contributed by atoms with Gasteiger partial charge in [-0.25, -0.2) is 9.38 Å². The van der Waals surface area contributed by atoms with Crippen LogP contribution in [0, 0.1) is 12.7 Å². The summed E-state index contributed by atoms with van der Waals surface area (Å²) in [6.45, 7) is 5.53. The zero-order chi connectivity index (χ0) is 18.2. The van der Waals surface area contributed by atoms with Gasteiger partial charge in [-0.1, -0.05) is 6.07 Å². The average Bonchev–Trinajstić information content (AvgIpc) is 3.04. The third kappa shape index (κ3) is 6.66. The number of guanidine groups is 1. The van der Waals surface area contributed by atoms with E-state index in [4.69, 9.17) is 10.2 Å². The van der Waals surface area contributed by atoms with Gasteiger partial charge in [0.2, 0.25) is 0 Å². The number of hydrogen-bond acceptors (Lipinski definition) is 3. The van der Waals surface area contributed by atoms with Crippen LogP contribution in [0.2, 0.25) is 0 Å². The Hall–Kier alpha value is -2.10. The fourth-order valence-electron chi connectivity index (χ4n) is 2.35. The topological polar surface area (TPSA) is 92.6 Å². The Balaban J connectivity index is 0.00000338. The first kappa shape index (κ1) is 21.9. The van der Waals surface area contributed by atoms with E-state index in [1.54, 1.807) is 12.1 Å². The van der Waals surface area contributed by atoms with Crippen LogP contribution in [0.25, 0.3) is 0 Å². The summed E-state index contributed by atoms with van der Waals surface area (Å²) >= 11 is 0. The van der Waals surface area contributed by atoms with Crippen LogP contribution in [-0.4, -0.2) is 25.0 Å². The number of benzene rings is 1. The van der Waals surface area contributed by atoms with Crippen molar-refractivity contribution in [2.24, 2.45) is 10.7 Å². The first-order valence-corrected chi connectivity index (χ1v) is 8.15. The number of nitrogens with two attached hydrogens (primary N) is 1. The van der Waals surface area contributed by atoms with E-state index in [-0.39, 0.29) is 42.1 Å². The van der Waals surface area contributed by atoms with E-state index in [1.807, 2.05) is 13.8 Å². The van der Waals surface area contributed by atoms with Crippen LogP contribution in [0.5, 0.6) is 0 Å². The van der Waals surface area contributed by atoms with E-state index >= 15 is 0 Å². The number of nitrogens with one attached hydrogen (secondary N) is 2. The van der Waals surface area contributed by atoms with Gasteiger partial charge >= 0.3 is 0 Å². The maximum Gasteiger partial charge on any atom is 0.284 e. The van der Waals surface area contributed by atoms with E-state index in [0.29, 0.717) is 24.8 Å². The molecule has 0 fully saturated rings. The summed E-state index contributed by atoms with van der Waals surface area (Å²) in [7, 11) is 0. The van der Waals surface area contributed by atoms with Crippen LogP contribution < -0.4 is 16.4 Å². The van der Waals surface area contributed by atoms with E-state index in [0.717, 1.165) is 17.5 Å². The number of amides is 1. The highest BCUT2D eigenvalue weighted by Gasteiger charge is 2.07. The van der Waals surface area contributed by atoms with Gasteiger partial charge in [-0.3, -0.25) is 4.79 Å². The summed E-state index contributed by atoms with van der Waals surface area (Å²) in [5, 5.41) is 6.36. The van der Waals surface area contributed by atoms with Crippen LogP contribution >= 0.6 is 24.0 Å². The molecule has 0 aliphatic carbocycles. The molecule has 0 spiro atoms. The highest BCUT2D eigenvalue weighted by molar-refractivity contribution is 14.0. The van der Waals surface area contributed by atoms with Gasteiger partial charge in [0.05, 0.1) is 0 Å². The summed E-state index contributed by atoms with van der Waals surface area (Å²) in [6, 6.07) is 8.00. The number of halogens is 2. The Bertz CT molecular complexity index is 761. The number of hydrogen-bond donors (Lipinski definition) is 3. The molecule has 0 bridgehead atoms. The largest absolute Gasteiger partial charge is 0.454 e. The second kappa shape index (κ2) is 10.8. The highest BCUT2D eigenvalue weighted by atomic mass is 127. The minimum Gasteiger partial charge on any atom is -0.454 e. The molecule has 0 aliphatic heterocycles. The number of carbonyl (C=O) groups is 1.